The van der Waals surface area contributed by atoms with Gasteiger partial charge in [-0.1, -0.05) is 34.1 Å². The van der Waals surface area contributed by atoms with Crippen molar-refractivity contribution < 1.29 is 0 Å². The molecule has 0 fully saturated rings. The van der Waals surface area contributed by atoms with Crippen molar-refractivity contribution in [2.24, 2.45) is 5.92 Å². The fourth-order valence-corrected chi connectivity index (χ4v) is 2.60. The first-order valence-electron chi connectivity index (χ1n) is 7.47. The van der Waals surface area contributed by atoms with Gasteiger partial charge in [0, 0.05) is 6.54 Å². The van der Waals surface area contributed by atoms with Crippen molar-refractivity contribution in [3.63, 3.8) is 0 Å². The van der Waals surface area contributed by atoms with Gasteiger partial charge in [0.1, 0.15) is 0 Å². The predicted octanol–water partition coefficient (Wildman–Crippen LogP) is 3.55. The minimum absolute atomic E-state index is 0.433. The van der Waals surface area contributed by atoms with E-state index in [1.807, 2.05) is 0 Å². The van der Waals surface area contributed by atoms with Crippen LogP contribution in [0.1, 0.15) is 64.9 Å². The smallest absolute Gasteiger partial charge is 0.0625 e. The lowest BCUT2D eigenvalue weighted by molar-refractivity contribution is 0.348. The van der Waals surface area contributed by atoms with E-state index in [0.717, 1.165) is 19.5 Å². The van der Waals surface area contributed by atoms with Gasteiger partial charge in [-0.3, -0.25) is 4.68 Å². The van der Waals surface area contributed by atoms with Crippen molar-refractivity contribution in [2.45, 2.75) is 66.5 Å². The van der Waals surface area contributed by atoms with Crippen molar-refractivity contribution in [2.75, 3.05) is 6.54 Å². The zero-order valence-electron chi connectivity index (χ0n) is 12.7. The molecule has 1 aromatic rings. The van der Waals surface area contributed by atoms with Gasteiger partial charge in [-0.05, 0) is 38.3 Å². The van der Waals surface area contributed by atoms with E-state index >= 15 is 0 Å². The van der Waals surface area contributed by atoms with Gasteiger partial charge < -0.3 is 5.32 Å². The quantitative estimate of drug-likeness (QED) is 0.765. The van der Waals surface area contributed by atoms with Crippen LogP contribution in [0.25, 0.3) is 0 Å². The summed E-state index contributed by atoms with van der Waals surface area (Å²) in [6, 6.07) is 2.71. The monoisotopic (exact) mass is 251 g/mol. The molecule has 1 rings (SSSR count). The first-order chi connectivity index (χ1) is 8.67. The third-order valence-corrected chi connectivity index (χ3v) is 3.58. The Morgan fingerprint density at radius 3 is 2.50 bits per heavy atom. The van der Waals surface area contributed by atoms with Crippen molar-refractivity contribution in [1.82, 2.24) is 15.1 Å². The second-order valence-corrected chi connectivity index (χ2v) is 5.03. The van der Waals surface area contributed by atoms with Gasteiger partial charge in [-0.2, -0.15) is 5.10 Å². The fourth-order valence-electron chi connectivity index (χ4n) is 2.60. The van der Waals surface area contributed by atoms with Gasteiger partial charge in [0.05, 0.1) is 17.4 Å². The molecular formula is C15H29N3. The molecule has 1 heterocycles. The molecule has 2 unspecified atom stereocenters. The Kier molecular flexibility index (Phi) is 6.41. The minimum atomic E-state index is 0.433. The standard InChI is InChI=1S/C15H29N3/c1-6-10-12(5)15(16-8-3)14-11-13(7-2)17-18(14)9-4/h11-12,15-16H,6-10H2,1-5H3. The lowest BCUT2D eigenvalue weighted by Gasteiger charge is -2.25. The Hall–Kier alpha value is -0.830. The van der Waals surface area contributed by atoms with Crippen LogP contribution in [-0.2, 0) is 13.0 Å². The van der Waals surface area contributed by atoms with E-state index in [1.165, 1.54) is 24.2 Å². The van der Waals surface area contributed by atoms with Crippen LogP contribution in [0.4, 0.5) is 0 Å². The first-order valence-corrected chi connectivity index (χ1v) is 7.47. The molecule has 0 radical (unpaired) electrons. The molecule has 0 saturated carbocycles. The second kappa shape index (κ2) is 7.57. The van der Waals surface area contributed by atoms with Gasteiger partial charge >= 0.3 is 0 Å². The summed E-state index contributed by atoms with van der Waals surface area (Å²) < 4.78 is 2.16. The molecule has 3 heteroatoms. The molecule has 3 nitrogen and oxygen atoms in total. The molecule has 18 heavy (non-hydrogen) atoms. The second-order valence-electron chi connectivity index (χ2n) is 5.03. The van der Waals surface area contributed by atoms with Crippen LogP contribution in [0.15, 0.2) is 6.07 Å². The highest BCUT2D eigenvalue weighted by atomic mass is 15.3. The van der Waals surface area contributed by atoms with Gasteiger partial charge in [0.2, 0.25) is 0 Å². The molecule has 0 aliphatic carbocycles. The highest BCUT2D eigenvalue weighted by molar-refractivity contribution is 5.15. The van der Waals surface area contributed by atoms with Crippen molar-refractivity contribution >= 4 is 0 Å². The number of aryl methyl sites for hydroxylation is 2. The molecule has 0 bridgehead atoms. The Balaban J connectivity index is 2.99. The van der Waals surface area contributed by atoms with E-state index in [4.69, 9.17) is 0 Å². The van der Waals surface area contributed by atoms with Gasteiger partial charge in [-0.25, -0.2) is 0 Å². The Morgan fingerprint density at radius 1 is 1.28 bits per heavy atom. The fraction of sp³-hybridized carbons (Fsp3) is 0.800. The maximum Gasteiger partial charge on any atom is 0.0625 e. The lowest BCUT2D eigenvalue weighted by atomic mass is 9.94. The third-order valence-electron chi connectivity index (χ3n) is 3.58. The molecule has 0 spiro atoms. The number of nitrogens with zero attached hydrogens (tertiary/aromatic N) is 2. The van der Waals surface area contributed by atoms with Crippen LogP contribution >= 0.6 is 0 Å². The number of aromatic nitrogens is 2. The average Bonchev–Trinajstić information content (AvgIpc) is 2.79. The normalized spacial score (nSPS) is 14.7. The van der Waals surface area contributed by atoms with Crippen LogP contribution in [0.3, 0.4) is 0 Å². The molecule has 104 valence electrons. The summed E-state index contributed by atoms with van der Waals surface area (Å²) in [6.07, 6.45) is 3.51. The molecule has 1 aromatic heterocycles. The van der Waals surface area contributed by atoms with Crippen LogP contribution in [0.5, 0.6) is 0 Å². The molecule has 0 amide bonds. The zero-order chi connectivity index (χ0) is 13.5. The van der Waals surface area contributed by atoms with E-state index in [0.29, 0.717) is 12.0 Å². The maximum atomic E-state index is 4.67. The van der Waals surface area contributed by atoms with E-state index in [1.54, 1.807) is 0 Å². The summed E-state index contributed by atoms with van der Waals surface area (Å²) in [7, 11) is 0. The summed E-state index contributed by atoms with van der Waals surface area (Å²) in [4.78, 5) is 0. The van der Waals surface area contributed by atoms with Crippen LogP contribution < -0.4 is 5.32 Å². The molecule has 2 atom stereocenters. The van der Waals surface area contributed by atoms with E-state index in [-0.39, 0.29) is 0 Å². The van der Waals surface area contributed by atoms with Gasteiger partial charge in [0.25, 0.3) is 0 Å². The van der Waals surface area contributed by atoms with Gasteiger partial charge in [0.15, 0.2) is 0 Å². The number of rotatable bonds is 8. The maximum absolute atomic E-state index is 4.67. The van der Waals surface area contributed by atoms with Crippen molar-refractivity contribution in [3.05, 3.63) is 17.5 Å². The zero-order valence-corrected chi connectivity index (χ0v) is 12.7. The first kappa shape index (κ1) is 15.2. The Morgan fingerprint density at radius 2 is 2.00 bits per heavy atom. The molecular weight excluding hydrogens is 222 g/mol. The van der Waals surface area contributed by atoms with E-state index < -0.39 is 0 Å². The highest BCUT2D eigenvalue weighted by Gasteiger charge is 2.22. The molecule has 0 aliphatic rings. The van der Waals surface area contributed by atoms with Crippen LogP contribution in [0.2, 0.25) is 0 Å². The molecule has 0 aliphatic heterocycles. The topological polar surface area (TPSA) is 29.9 Å². The van der Waals surface area contributed by atoms with Gasteiger partial charge in [-0.15, -0.1) is 0 Å². The SMILES string of the molecule is CCCC(C)C(NCC)c1cc(CC)nn1CC. The summed E-state index contributed by atoms with van der Waals surface area (Å²) in [6.45, 7) is 13.1. The summed E-state index contributed by atoms with van der Waals surface area (Å²) >= 11 is 0. The van der Waals surface area contributed by atoms with Crippen molar-refractivity contribution in [1.29, 1.82) is 0 Å². The van der Waals surface area contributed by atoms with E-state index in [2.05, 4.69) is 55.8 Å². The Labute approximate surface area is 112 Å². The van der Waals surface area contributed by atoms with E-state index in [9.17, 15) is 0 Å². The van der Waals surface area contributed by atoms with Crippen molar-refractivity contribution in [3.8, 4) is 0 Å². The molecule has 0 saturated heterocycles. The number of hydrogen-bond donors (Lipinski definition) is 1. The predicted molar refractivity (Wildman–Crippen MR) is 77.8 cm³/mol. The largest absolute Gasteiger partial charge is 0.309 e. The van der Waals surface area contributed by atoms with Crippen LogP contribution in [-0.4, -0.2) is 16.3 Å². The number of nitrogens with one attached hydrogen (secondary N) is 1. The molecule has 0 aromatic carbocycles. The third kappa shape index (κ3) is 3.58. The summed E-state index contributed by atoms with van der Waals surface area (Å²) in [5.41, 5.74) is 2.57. The Bertz CT molecular complexity index is 344. The lowest BCUT2D eigenvalue weighted by Crippen LogP contribution is -2.29. The average molecular weight is 251 g/mol. The van der Waals surface area contributed by atoms with Crippen LogP contribution in [0, 0.1) is 5.92 Å². The minimum Gasteiger partial charge on any atom is -0.309 e. The summed E-state index contributed by atoms with van der Waals surface area (Å²) in [5, 5.41) is 8.30. The molecule has 1 N–H and O–H groups in total. The number of hydrogen-bond acceptors (Lipinski definition) is 2. The highest BCUT2D eigenvalue weighted by Crippen LogP contribution is 2.26. The summed E-state index contributed by atoms with van der Waals surface area (Å²) in [5.74, 6) is 0.654.